The number of aliphatic hydroxyl groups excluding tert-OH is 1. The quantitative estimate of drug-likeness (QED) is 0.768. The van der Waals surface area contributed by atoms with Gasteiger partial charge in [-0.25, -0.2) is 0 Å². The number of nitrogens with zero attached hydrogens (tertiary/aromatic N) is 3. The summed E-state index contributed by atoms with van der Waals surface area (Å²) in [6.45, 7) is 9.55. The second-order valence-corrected chi connectivity index (χ2v) is 8.08. The molecular formula is C15H25N3O4S. The molecule has 3 aliphatic rings. The number of ether oxygens (including phenoxy) is 2. The summed E-state index contributed by atoms with van der Waals surface area (Å²) in [7, 11) is 0. The SMILES string of the molecule is CC1CN=C(N2CCN(C(=O)[C@H](O)[C@@H]3COC(C)(C)O3)CC2)S1. The van der Waals surface area contributed by atoms with Crippen LogP contribution in [0.2, 0.25) is 0 Å². The lowest BCUT2D eigenvalue weighted by molar-refractivity contribution is -0.164. The molecule has 1 unspecified atom stereocenters. The molecule has 0 aromatic heterocycles. The molecule has 2 saturated heterocycles. The van der Waals surface area contributed by atoms with Crippen LogP contribution < -0.4 is 0 Å². The smallest absolute Gasteiger partial charge is 0.254 e. The molecule has 1 amide bonds. The highest BCUT2D eigenvalue weighted by atomic mass is 32.2. The van der Waals surface area contributed by atoms with Crippen molar-refractivity contribution in [3.63, 3.8) is 0 Å². The van der Waals surface area contributed by atoms with E-state index < -0.39 is 18.0 Å². The zero-order valence-corrected chi connectivity index (χ0v) is 14.7. The van der Waals surface area contributed by atoms with Gasteiger partial charge in [-0.3, -0.25) is 9.79 Å². The molecule has 0 saturated carbocycles. The number of carbonyl (C=O) groups is 1. The number of aliphatic imine (C=N–C) groups is 1. The molecule has 3 heterocycles. The standard InChI is InChI=1S/C15H25N3O4S/c1-10-8-16-14(23-10)18-6-4-17(5-7-18)13(20)12(19)11-9-21-15(2,3)22-11/h10-12,19H,4-9H2,1-3H3/t10?,11-,12+/m0/s1. The van der Waals surface area contributed by atoms with Crippen LogP contribution in [0.4, 0.5) is 0 Å². The maximum absolute atomic E-state index is 12.5. The van der Waals surface area contributed by atoms with E-state index in [0.29, 0.717) is 18.3 Å². The molecule has 3 atom stereocenters. The molecule has 0 aromatic rings. The van der Waals surface area contributed by atoms with Crippen molar-refractivity contribution in [2.24, 2.45) is 4.99 Å². The molecule has 23 heavy (non-hydrogen) atoms. The monoisotopic (exact) mass is 343 g/mol. The summed E-state index contributed by atoms with van der Waals surface area (Å²) in [6, 6.07) is 0. The number of rotatable bonds is 2. The van der Waals surface area contributed by atoms with Crippen LogP contribution in [-0.2, 0) is 14.3 Å². The second kappa shape index (κ2) is 6.58. The number of amides is 1. The van der Waals surface area contributed by atoms with Crippen LogP contribution in [0.5, 0.6) is 0 Å². The predicted octanol–water partition coefficient (Wildman–Crippen LogP) is 0.134. The third kappa shape index (κ3) is 3.81. The first-order chi connectivity index (χ1) is 10.9. The van der Waals surface area contributed by atoms with E-state index >= 15 is 0 Å². The number of hydrogen-bond donors (Lipinski definition) is 1. The summed E-state index contributed by atoms with van der Waals surface area (Å²) < 4.78 is 11.0. The molecule has 0 aliphatic carbocycles. The van der Waals surface area contributed by atoms with Crippen molar-refractivity contribution in [1.82, 2.24) is 9.80 Å². The topological polar surface area (TPSA) is 74.6 Å². The minimum atomic E-state index is -1.17. The molecule has 1 N–H and O–H groups in total. The largest absolute Gasteiger partial charge is 0.380 e. The number of carbonyl (C=O) groups excluding carboxylic acids is 1. The Balaban J connectivity index is 1.50. The highest BCUT2D eigenvalue weighted by molar-refractivity contribution is 8.14. The van der Waals surface area contributed by atoms with Gasteiger partial charge in [0.2, 0.25) is 0 Å². The Kier molecular flexibility index (Phi) is 4.87. The first-order valence-corrected chi connectivity index (χ1v) is 8.98. The van der Waals surface area contributed by atoms with Crippen LogP contribution in [0.15, 0.2) is 4.99 Å². The number of aliphatic hydroxyl groups is 1. The lowest BCUT2D eigenvalue weighted by Crippen LogP contribution is -2.54. The van der Waals surface area contributed by atoms with Crippen molar-refractivity contribution in [3.05, 3.63) is 0 Å². The van der Waals surface area contributed by atoms with Crippen LogP contribution >= 0.6 is 11.8 Å². The van der Waals surface area contributed by atoms with E-state index in [1.54, 1.807) is 30.5 Å². The highest BCUT2D eigenvalue weighted by Crippen LogP contribution is 2.26. The van der Waals surface area contributed by atoms with Gasteiger partial charge in [0, 0.05) is 31.4 Å². The molecule has 7 nitrogen and oxygen atoms in total. The first kappa shape index (κ1) is 17.0. The fourth-order valence-corrected chi connectivity index (χ4v) is 3.96. The van der Waals surface area contributed by atoms with Crippen molar-refractivity contribution in [3.8, 4) is 0 Å². The van der Waals surface area contributed by atoms with Crippen LogP contribution in [0.1, 0.15) is 20.8 Å². The van der Waals surface area contributed by atoms with Crippen LogP contribution in [0, 0.1) is 0 Å². The van der Waals surface area contributed by atoms with Gasteiger partial charge in [-0.1, -0.05) is 18.7 Å². The fourth-order valence-electron chi connectivity index (χ4n) is 2.97. The van der Waals surface area contributed by atoms with E-state index in [0.717, 1.165) is 24.8 Å². The minimum Gasteiger partial charge on any atom is -0.380 e. The van der Waals surface area contributed by atoms with Gasteiger partial charge in [0.15, 0.2) is 17.1 Å². The van der Waals surface area contributed by atoms with Gasteiger partial charge >= 0.3 is 0 Å². The average molecular weight is 343 g/mol. The maximum atomic E-state index is 12.5. The van der Waals surface area contributed by atoms with E-state index in [-0.39, 0.29) is 12.5 Å². The lowest BCUT2D eigenvalue weighted by Gasteiger charge is -2.37. The van der Waals surface area contributed by atoms with Crippen molar-refractivity contribution < 1.29 is 19.4 Å². The Labute approximate surface area is 141 Å². The molecule has 0 bridgehead atoms. The molecule has 3 rings (SSSR count). The van der Waals surface area contributed by atoms with Crippen LogP contribution in [-0.4, -0.2) is 88.6 Å². The summed E-state index contributed by atoms with van der Waals surface area (Å²) in [5, 5.41) is 11.9. The number of hydrogen-bond acceptors (Lipinski definition) is 7. The Morgan fingerprint density at radius 3 is 2.61 bits per heavy atom. The van der Waals surface area contributed by atoms with Gasteiger partial charge in [-0.15, -0.1) is 0 Å². The van der Waals surface area contributed by atoms with E-state index in [1.165, 1.54) is 0 Å². The summed E-state index contributed by atoms with van der Waals surface area (Å²) in [6.07, 6.45) is -1.76. The van der Waals surface area contributed by atoms with E-state index in [9.17, 15) is 9.90 Å². The number of piperazine rings is 1. The number of thioether (sulfide) groups is 1. The maximum Gasteiger partial charge on any atom is 0.254 e. The van der Waals surface area contributed by atoms with Crippen molar-refractivity contribution in [2.75, 3.05) is 39.3 Å². The Bertz CT molecular complexity index is 491. The molecule has 8 heteroatoms. The normalized spacial score (nSPS) is 32.1. The molecule has 0 radical (unpaired) electrons. The van der Waals surface area contributed by atoms with E-state index in [1.807, 2.05) is 0 Å². The fraction of sp³-hybridized carbons (Fsp3) is 0.867. The molecule has 0 aromatic carbocycles. The van der Waals surface area contributed by atoms with Gasteiger partial charge in [0.25, 0.3) is 5.91 Å². The molecule has 3 aliphatic heterocycles. The highest BCUT2D eigenvalue weighted by Gasteiger charge is 2.41. The number of amidine groups is 1. The average Bonchev–Trinajstić information content (AvgIpc) is 3.11. The second-order valence-electron chi connectivity index (χ2n) is 6.68. The molecule has 130 valence electrons. The van der Waals surface area contributed by atoms with Gasteiger partial charge in [-0.2, -0.15) is 0 Å². The van der Waals surface area contributed by atoms with Crippen molar-refractivity contribution in [1.29, 1.82) is 0 Å². The van der Waals surface area contributed by atoms with Crippen LogP contribution in [0.25, 0.3) is 0 Å². The van der Waals surface area contributed by atoms with Gasteiger partial charge in [-0.05, 0) is 13.8 Å². The van der Waals surface area contributed by atoms with E-state index in [2.05, 4.69) is 16.8 Å². The van der Waals surface area contributed by atoms with Gasteiger partial charge in [0.05, 0.1) is 13.2 Å². The molecular weight excluding hydrogens is 318 g/mol. The predicted molar refractivity (Wildman–Crippen MR) is 88.4 cm³/mol. The first-order valence-electron chi connectivity index (χ1n) is 8.10. The summed E-state index contributed by atoms with van der Waals surface area (Å²) in [5.74, 6) is -1.01. The Morgan fingerprint density at radius 2 is 2.09 bits per heavy atom. The zero-order chi connectivity index (χ0) is 16.6. The molecule has 2 fully saturated rings. The minimum absolute atomic E-state index is 0.241. The summed E-state index contributed by atoms with van der Waals surface area (Å²) in [5.41, 5.74) is 0. The van der Waals surface area contributed by atoms with Gasteiger partial charge < -0.3 is 24.4 Å². The third-order valence-corrected chi connectivity index (χ3v) is 5.44. The third-order valence-electron chi connectivity index (χ3n) is 4.29. The van der Waals surface area contributed by atoms with Crippen molar-refractivity contribution >= 4 is 22.8 Å². The van der Waals surface area contributed by atoms with Crippen molar-refractivity contribution in [2.45, 2.75) is 44.0 Å². The van der Waals surface area contributed by atoms with E-state index in [4.69, 9.17) is 9.47 Å². The zero-order valence-electron chi connectivity index (χ0n) is 13.9. The lowest BCUT2D eigenvalue weighted by atomic mass is 10.1. The van der Waals surface area contributed by atoms with Crippen LogP contribution in [0.3, 0.4) is 0 Å². The Hall–Kier alpha value is -0.830. The Morgan fingerprint density at radius 1 is 1.39 bits per heavy atom. The summed E-state index contributed by atoms with van der Waals surface area (Å²) in [4.78, 5) is 20.9. The van der Waals surface area contributed by atoms with Gasteiger partial charge in [0.1, 0.15) is 6.10 Å². The molecule has 0 spiro atoms. The summed E-state index contributed by atoms with van der Waals surface area (Å²) >= 11 is 1.79.